The van der Waals surface area contributed by atoms with Crippen LogP contribution in [0, 0.1) is 18.3 Å². The van der Waals surface area contributed by atoms with Crippen molar-refractivity contribution >= 4 is 11.3 Å². The molecule has 1 aromatic heterocycles. The van der Waals surface area contributed by atoms with E-state index in [1.165, 1.54) is 4.88 Å². The number of benzene rings is 1. The van der Waals surface area contributed by atoms with Crippen molar-refractivity contribution in [3.63, 3.8) is 0 Å². The van der Waals surface area contributed by atoms with E-state index in [1.54, 1.807) is 11.3 Å². The van der Waals surface area contributed by atoms with Crippen molar-refractivity contribution in [1.82, 2.24) is 0 Å². The van der Waals surface area contributed by atoms with Crippen LogP contribution in [-0.4, -0.2) is 6.61 Å². The van der Waals surface area contributed by atoms with E-state index in [1.807, 2.05) is 25.1 Å². The second kappa shape index (κ2) is 6.34. The van der Waals surface area contributed by atoms with Crippen LogP contribution in [-0.2, 0) is 17.8 Å². The van der Waals surface area contributed by atoms with Crippen LogP contribution < -0.4 is 0 Å². The fourth-order valence-corrected chi connectivity index (χ4v) is 2.43. The Morgan fingerprint density at radius 3 is 2.89 bits per heavy atom. The fraction of sp³-hybridized carbons (Fsp3) is 0.267. The van der Waals surface area contributed by atoms with E-state index in [4.69, 9.17) is 10.00 Å². The molecule has 0 aliphatic rings. The molecule has 18 heavy (non-hydrogen) atoms. The molecule has 2 rings (SSSR count). The average Bonchev–Trinajstić information content (AvgIpc) is 2.89. The monoisotopic (exact) mass is 257 g/mol. The summed E-state index contributed by atoms with van der Waals surface area (Å²) >= 11 is 1.76. The number of thiophene rings is 1. The molecular formula is C15H15NOS. The molecule has 0 aliphatic heterocycles. The molecule has 0 saturated heterocycles. The first-order chi connectivity index (χ1) is 8.79. The highest BCUT2D eigenvalue weighted by molar-refractivity contribution is 7.09. The molecule has 0 N–H and O–H groups in total. The average molecular weight is 257 g/mol. The van der Waals surface area contributed by atoms with Crippen LogP contribution in [0.25, 0.3) is 0 Å². The van der Waals surface area contributed by atoms with E-state index in [0.717, 1.165) is 24.2 Å². The quantitative estimate of drug-likeness (QED) is 0.765. The van der Waals surface area contributed by atoms with Gasteiger partial charge in [0.25, 0.3) is 0 Å². The number of hydrogen-bond acceptors (Lipinski definition) is 3. The van der Waals surface area contributed by atoms with Crippen molar-refractivity contribution in [3.05, 3.63) is 57.3 Å². The summed E-state index contributed by atoms with van der Waals surface area (Å²) in [6.07, 6.45) is 0.965. The summed E-state index contributed by atoms with van der Waals surface area (Å²) in [5.74, 6) is 0. The van der Waals surface area contributed by atoms with Crippen molar-refractivity contribution in [3.8, 4) is 6.07 Å². The Hall–Kier alpha value is -1.63. The Balaban J connectivity index is 1.82. The summed E-state index contributed by atoms with van der Waals surface area (Å²) < 4.78 is 5.67. The maximum absolute atomic E-state index is 8.79. The highest BCUT2D eigenvalue weighted by Gasteiger charge is 2.01. The first-order valence-electron chi connectivity index (χ1n) is 5.89. The maximum atomic E-state index is 8.79. The molecule has 0 unspecified atom stereocenters. The van der Waals surface area contributed by atoms with E-state index >= 15 is 0 Å². The first-order valence-corrected chi connectivity index (χ1v) is 6.77. The summed E-state index contributed by atoms with van der Waals surface area (Å²) in [6.45, 7) is 3.36. The van der Waals surface area contributed by atoms with Gasteiger partial charge in [-0.05, 0) is 41.6 Å². The third-order valence-electron chi connectivity index (χ3n) is 2.80. The third kappa shape index (κ3) is 3.43. The minimum Gasteiger partial charge on any atom is -0.376 e. The number of nitrogens with zero attached hydrogens (tertiary/aromatic N) is 1. The maximum Gasteiger partial charge on any atom is 0.0991 e. The van der Waals surface area contributed by atoms with Crippen LogP contribution in [0.2, 0.25) is 0 Å². The molecule has 0 bridgehead atoms. The van der Waals surface area contributed by atoms with Crippen molar-refractivity contribution in [1.29, 1.82) is 5.26 Å². The summed E-state index contributed by atoms with van der Waals surface area (Å²) in [6, 6.07) is 12.0. The molecule has 0 spiro atoms. The predicted octanol–water partition coefficient (Wildman–Crippen LogP) is 3.69. The van der Waals surface area contributed by atoms with Crippen molar-refractivity contribution in [2.75, 3.05) is 6.61 Å². The van der Waals surface area contributed by atoms with Gasteiger partial charge < -0.3 is 4.74 Å². The summed E-state index contributed by atoms with van der Waals surface area (Å²) in [4.78, 5) is 1.35. The summed E-state index contributed by atoms with van der Waals surface area (Å²) in [5.41, 5.74) is 2.97. The van der Waals surface area contributed by atoms with Gasteiger partial charge in [0.05, 0.1) is 24.8 Å². The molecule has 0 atom stereocenters. The summed E-state index contributed by atoms with van der Waals surface area (Å²) in [5, 5.41) is 10.9. The van der Waals surface area contributed by atoms with Crippen LogP contribution >= 0.6 is 11.3 Å². The van der Waals surface area contributed by atoms with Gasteiger partial charge in [0.1, 0.15) is 0 Å². The second-order valence-electron chi connectivity index (χ2n) is 4.14. The Labute approximate surface area is 111 Å². The zero-order valence-electron chi connectivity index (χ0n) is 10.3. The fourth-order valence-electron chi connectivity index (χ4n) is 1.74. The molecule has 1 heterocycles. The number of aryl methyl sites for hydroxylation is 1. The van der Waals surface area contributed by atoms with Gasteiger partial charge in [-0.15, -0.1) is 11.3 Å². The predicted molar refractivity (Wildman–Crippen MR) is 73.6 cm³/mol. The Bertz CT molecular complexity index is 540. The lowest BCUT2D eigenvalue weighted by molar-refractivity contribution is 0.124. The SMILES string of the molecule is Cc1cc(C#N)ccc1COCCc1cccs1. The van der Waals surface area contributed by atoms with Crippen LogP contribution in [0.15, 0.2) is 35.7 Å². The third-order valence-corrected chi connectivity index (χ3v) is 3.74. The zero-order chi connectivity index (χ0) is 12.8. The lowest BCUT2D eigenvalue weighted by Gasteiger charge is -2.07. The lowest BCUT2D eigenvalue weighted by Crippen LogP contribution is -1.99. The first kappa shape index (κ1) is 12.8. The number of ether oxygens (including phenoxy) is 1. The highest BCUT2D eigenvalue weighted by Crippen LogP contribution is 2.13. The van der Waals surface area contributed by atoms with Gasteiger partial charge in [-0.25, -0.2) is 0 Å². The number of rotatable bonds is 5. The van der Waals surface area contributed by atoms with E-state index < -0.39 is 0 Å². The minimum atomic E-state index is 0.614. The molecule has 0 amide bonds. The van der Waals surface area contributed by atoms with E-state index in [9.17, 15) is 0 Å². The van der Waals surface area contributed by atoms with Crippen molar-refractivity contribution in [2.45, 2.75) is 20.0 Å². The van der Waals surface area contributed by atoms with Crippen LogP contribution in [0.4, 0.5) is 0 Å². The van der Waals surface area contributed by atoms with E-state index in [2.05, 4.69) is 23.6 Å². The molecule has 0 aliphatic carbocycles. The molecular weight excluding hydrogens is 242 g/mol. The van der Waals surface area contributed by atoms with Gasteiger partial charge >= 0.3 is 0 Å². The molecule has 1 aromatic carbocycles. The molecule has 2 aromatic rings. The van der Waals surface area contributed by atoms with Gasteiger partial charge in [0.15, 0.2) is 0 Å². The molecule has 0 radical (unpaired) electrons. The Kier molecular flexibility index (Phi) is 4.52. The smallest absolute Gasteiger partial charge is 0.0991 e. The highest BCUT2D eigenvalue weighted by atomic mass is 32.1. The molecule has 2 nitrogen and oxygen atoms in total. The number of nitriles is 1. The second-order valence-corrected chi connectivity index (χ2v) is 5.17. The molecule has 3 heteroatoms. The molecule has 0 saturated carbocycles. The van der Waals surface area contributed by atoms with E-state index in [0.29, 0.717) is 12.2 Å². The Morgan fingerprint density at radius 2 is 2.22 bits per heavy atom. The largest absolute Gasteiger partial charge is 0.376 e. The van der Waals surface area contributed by atoms with Gasteiger partial charge in [-0.3, -0.25) is 0 Å². The standard InChI is InChI=1S/C15H15NOS/c1-12-9-13(10-16)4-5-14(12)11-17-7-6-15-3-2-8-18-15/h2-5,8-9H,6-7,11H2,1H3. The summed E-state index contributed by atoms with van der Waals surface area (Å²) in [7, 11) is 0. The zero-order valence-corrected chi connectivity index (χ0v) is 11.2. The molecule has 92 valence electrons. The van der Waals surface area contributed by atoms with Crippen LogP contribution in [0.3, 0.4) is 0 Å². The van der Waals surface area contributed by atoms with Gasteiger partial charge in [-0.1, -0.05) is 12.1 Å². The normalized spacial score (nSPS) is 10.2. The van der Waals surface area contributed by atoms with Gasteiger partial charge in [0, 0.05) is 11.3 Å². The number of hydrogen-bond donors (Lipinski definition) is 0. The van der Waals surface area contributed by atoms with Gasteiger partial charge in [-0.2, -0.15) is 5.26 Å². The van der Waals surface area contributed by atoms with Crippen molar-refractivity contribution in [2.24, 2.45) is 0 Å². The van der Waals surface area contributed by atoms with Crippen molar-refractivity contribution < 1.29 is 4.74 Å². The minimum absolute atomic E-state index is 0.614. The topological polar surface area (TPSA) is 33.0 Å². The molecule has 0 fully saturated rings. The van der Waals surface area contributed by atoms with Crippen LogP contribution in [0.5, 0.6) is 0 Å². The van der Waals surface area contributed by atoms with Gasteiger partial charge in [0.2, 0.25) is 0 Å². The van der Waals surface area contributed by atoms with Crippen LogP contribution in [0.1, 0.15) is 21.6 Å². The van der Waals surface area contributed by atoms with E-state index in [-0.39, 0.29) is 0 Å². The Morgan fingerprint density at radius 1 is 1.33 bits per heavy atom. The lowest BCUT2D eigenvalue weighted by atomic mass is 10.1.